The fourth-order valence-electron chi connectivity index (χ4n) is 2.31. The van der Waals surface area contributed by atoms with E-state index in [1.54, 1.807) is 13.8 Å². The van der Waals surface area contributed by atoms with E-state index in [4.69, 9.17) is 9.84 Å². The third-order valence-corrected chi connectivity index (χ3v) is 5.88. The molecule has 2 rings (SSSR count). The number of rotatable bonds is 7. The molecule has 6 nitrogen and oxygen atoms in total. The number of H-pyrrole nitrogens is 1. The number of hydrogen-bond donors (Lipinski definition) is 2. The second kappa shape index (κ2) is 8.44. The summed E-state index contributed by atoms with van der Waals surface area (Å²) < 4.78 is 8.22. The summed E-state index contributed by atoms with van der Waals surface area (Å²) >= 11 is -0.135. The number of hydrogen-bond acceptors (Lipinski definition) is 4. The summed E-state index contributed by atoms with van der Waals surface area (Å²) in [6.45, 7) is 5.80. The Hall–Kier alpha value is -1.66. The molecule has 2 aromatic rings. The SMILES string of the molecule is Cc1cccc([Se]c2[nH]c(=O)n(C(C)COCCO)c(=O)c2C)c1. The average molecular weight is 397 g/mol. The minimum absolute atomic E-state index is 0.0883. The van der Waals surface area contributed by atoms with Crippen molar-refractivity contribution in [2.75, 3.05) is 19.8 Å². The van der Waals surface area contributed by atoms with Gasteiger partial charge in [0.2, 0.25) is 0 Å². The Labute approximate surface area is 146 Å². The van der Waals surface area contributed by atoms with Crippen LogP contribution < -0.4 is 20.3 Å². The molecule has 0 amide bonds. The van der Waals surface area contributed by atoms with Gasteiger partial charge in [-0.25, -0.2) is 0 Å². The van der Waals surface area contributed by atoms with Gasteiger partial charge in [-0.15, -0.1) is 0 Å². The van der Waals surface area contributed by atoms with Gasteiger partial charge < -0.3 is 0 Å². The van der Waals surface area contributed by atoms with Crippen LogP contribution in [0.5, 0.6) is 0 Å². The van der Waals surface area contributed by atoms with E-state index in [-0.39, 0.29) is 40.3 Å². The van der Waals surface area contributed by atoms with Gasteiger partial charge in [-0.05, 0) is 0 Å². The Morgan fingerprint density at radius 1 is 1.33 bits per heavy atom. The van der Waals surface area contributed by atoms with Crippen LogP contribution in [0, 0.1) is 13.8 Å². The number of aryl methyl sites for hydroxylation is 1. The number of nitrogens with zero attached hydrogens (tertiary/aromatic N) is 1. The first-order valence-corrected chi connectivity index (χ1v) is 9.44. The van der Waals surface area contributed by atoms with Crippen LogP contribution in [0.4, 0.5) is 0 Å². The second-order valence-electron chi connectivity index (χ2n) is 5.63. The number of aromatic amines is 1. The molecule has 2 N–H and O–H groups in total. The van der Waals surface area contributed by atoms with E-state index >= 15 is 0 Å². The number of aliphatic hydroxyl groups excluding tert-OH is 1. The molecule has 0 bridgehead atoms. The molecule has 0 spiro atoms. The number of nitrogens with one attached hydrogen (secondary N) is 1. The number of ether oxygens (including phenoxy) is 1. The summed E-state index contributed by atoms with van der Waals surface area (Å²) in [4.78, 5) is 27.8. The molecule has 24 heavy (non-hydrogen) atoms. The molecule has 1 aromatic carbocycles. The standard InChI is InChI=1S/C17H22N2O4Se/c1-11-5-4-6-14(9-11)24-15-13(3)16(21)19(17(22)18-15)12(2)10-23-8-7-20/h4-6,9,12,20H,7-8,10H2,1-3H3,(H,18,22). The number of benzene rings is 1. The molecule has 0 aliphatic rings. The fourth-order valence-corrected chi connectivity index (χ4v) is 4.42. The zero-order valence-electron chi connectivity index (χ0n) is 14.0. The summed E-state index contributed by atoms with van der Waals surface area (Å²) in [6, 6.07) is 7.66. The van der Waals surface area contributed by atoms with E-state index in [0.29, 0.717) is 10.2 Å². The van der Waals surface area contributed by atoms with Crippen LogP contribution >= 0.6 is 0 Å². The topological polar surface area (TPSA) is 84.3 Å². The first-order chi connectivity index (χ1) is 11.4. The summed E-state index contributed by atoms with van der Waals surface area (Å²) in [5, 5.41) is 8.74. The van der Waals surface area contributed by atoms with Crippen LogP contribution in [0.2, 0.25) is 0 Å². The first kappa shape index (κ1) is 18.7. The normalized spacial score (nSPS) is 12.3. The molecule has 1 atom stereocenters. The third kappa shape index (κ3) is 4.45. The maximum absolute atomic E-state index is 12.6. The molecule has 1 unspecified atom stereocenters. The van der Waals surface area contributed by atoms with Crippen LogP contribution in [0.15, 0.2) is 33.9 Å². The van der Waals surface area contributed by atoms with Gasteiger partial charge in [0, 0.05) is 0 Å². The maximum atomic E-state index is 12.6. The van der Waals surface area contributed by atoms with E-state index in [1.165, 1.54) is 4.57 Å². The van der Waals surface area contributed by atoms with Crippen molar-refractivity contribution in [2.24, 2.45) is 0 Å². The number of aromatic nitrogens is 2. The Morgan fingerprint density at radius 2 is 2.08 bits per heavy atom. The van der Waals surface area contributed by atoms with Crippen molar-refractivity contribution in [2.45, 2.75) is 26.8 Å². The van der Waals surface area contributed by atoms with Crippen LogP contribution in [0.1, 0.15) is 24.1 Å². The minimum atomic E-state index is -0.421. The van der Waals surface area contributed by atoms with Crippen molar-refractivity contribution in [3.8, 4) is 0 Å². The molecule has 0 fully saturated rings. The van der Waals surface area contributed by atoms with Gasteiger partial charge in [-0.2, -0.15) is 0 Å². The van der Waals surface area contributed by atoms with E-state index in [1.807, 2.05) is 25.1 Å². The van der Waals surface area contributed by atoms with Gasteiger partial charge in [0.25, 0.3) is 0 Å². The fraction of sp³-hybridized carbons (Fsp3) is 0.412. The Morgan fingerprint density at radius 3 is 2.75 bits per heavy atom. The van der Waals surface area contributed by atoms with E-state index in [2.05, 4.69) is 11.1 Å². The second-order valence-corrected chi connectivity index (χ2v) is 7.90. The van der Waals surface area contributed by atoms with Crippen LogP contribution in [0.3, 0.4) is 0 Å². The van der Waals surface area contributed by atoms with Crippen LogP contribution in [-0.4, -0.2) is 49.4 Å². The predicted molar refractivity (Wildman–Crippen MR) is 94.9 cm³/mol. The average Bonchev–Trinajstić information content (AvgIpc) is 2.53. The van der Waals surface area contributed by atoms with Gasteiger partial charge in [0.1, 0.15) is 0 Å². The predicted octanol–water partition coefficient (Wildman–Crippen LogP) is -0.622. The summed E-state index contributed by atoms with van der Waals surface area (Å²) in [5.74, 6) is 0. The van der Waals surface area contributed by atoms with Crippen molar-refractivity contribution in [1.82, 2.24) is 9.55 Å². The molecule has 0 aliphatic carbocycles. The summed E-state index contributed by atoms with van der Waals surface area (Å²) in [7, 11) is 0. The Kier molecular flexibility index (Phi) is 6.57. The van der Waals surface area contributed by atoms with Gasteiger partial charge >= 0.3 is 146 Å². The van der Waals surface area contributed by atoms with Gasteiger partial charge in [-0.1, -0.05) is 0 Å². The molecule has 130 valence electrons. The molecular formula is C17H22N2O4Se. The molecule has 0 saturated heterocycles. The van der Waals surface area contributed by atoms with E-state index in [9.17, 15) is 9.59 Å². The van der Waals surface area contributed by atoms with Crippen LogP contribution in [-0.2, 0) is 4.74 Å². The first-order valence-electron chi connectivity index (χ1n) is 7.72. The van der Waals surface area contributed by atoms with Crippen molar-refractivity contribution < 1.29 is 9.84 Å². The van der Waals surface area contributed by atoms with E-state index < -0.39 is 11.7 Å². The molecule has 0 saturated carbocycles. The van der Waals surface area contributed by atoms with E-state index in [0.717, 1.165) is 10.0 Å². The summed E-state index contributed by atoms with van der Waals surface area (Å²) in [5.41, 5.74) is 1.00. The van der Waals surface area contributed by atoms with Crippen molar-refractivity contribution in [1.29, 1.82) is 0 Å². The zero-order valence-corrected chi connectivity index (χ0v) is 15.7. The monoisotopic (exact) mass is 398 g/mol. The molecular weight excluding hydrogens is 375 g/mol. The van der Waals surface area contributed by atoms with Gasteiger partial charge in [0.05, 0.1) is 0 Å². The Balaban J connectivity index is 2.31. The molecule has 7 heteroatoms. The van der Waals surface area contributed by atoms with Crippen molar-refractivity contribution >= 4 is 24.0 Å². The zero-order chi connectivity index (χ0) is 17.7. The molecule has 1 heterocycles. The van der Waals surface area contributed by atoms with Crippen LogP contribution in [0.25, 0.3) is 0 Å². The quantitative estimate of drug-likeness (QED) is 0.482. The number of aliphatic hydroxyl groups is 1. The van der Waals surface area contributed by atoms with Gasteiger partial charge in [-0.3, -0.25) is 0 Å². The summed E-state index contributed by atoms with van der Waals surface area (Å²) in [6.07, 6.45) is 0. The Bertz CT molecular complexity index is 813. The van der Waals surface area contributed by atoms with Crippen molar-refractivity contribution in [3.63, 3.8) is 0 Å². The third-order valence-electron chi connectivity index (χ3n) is 3.56. The molecule has 0 radical (unpaired) electrons. The van der Waals surface area contributed by atoms with Crippen molar-refractivity contribution in [3.05, 3.63) is 56.2 Å². The molecule has 0 aliphatic heterocycles. The van der Waals surface area contributed by atoms with Gasteiger partial charge in [0.15, 0.2) is 0 Å². The molecule has 1 aromatic heterocycles.